The maximum absolute atomic E-state index is 4.27. The lowest BCUT2D eigenvalue weighted by Crippen LogP contribution is -1.93. The lowest BCUT2D eigenvalue weighted by molar-refractivity contribution is 1.32. The number of rotatable bonds is 3. The van der Waals surface area contributed by atoms with Crippen molar-refractivity contribution < 1.29 is 0 Å². The lowest BCUT2D eigenvalue weighted by Gasteiger charge is -2.03. The zero-order valence-electron chi connectivity index (χ0n) is 11.1. The number of nitrogens with one attached hydrogen (secondary N) is 1. The predicted octanol–water partition coefficient (Wildman–Crippen LogP) is 4.06. The van der Waals surface area contributed by atoms with Crippen LogP contribution in [0.1, 0.15) is 22.3 Å². The molecule has 92 valence electrons. The fraction of sp³-hybridized carbons (Fsp3) is 0.188. The molecule has 2 nitrogen and oxygen atoms in total. The maximum Gasteiger partial charge on any atom is 0.0564 e. The van der Waals surface area contributed by atoms with Crippen LogP contribution < -0.4 is 5.43 Å². The summed E-state index contributed by atoms with van der Waals surface area (Å²) >= 11 is 0. The zero-order chi connectivity index (χ0) is 13.0. The number of aryl methyl sites for hydroxylation is 3. The molecule has 1 N–H and O–H groups in total. The van der Waals surface area contributed by atoms with Gasteiger partial charge in [-0.05, 0) is 49.6 Å². The Labute approximate surface area is 108 Å². The number of benzene rings is 2. The first-order chi connectivity index (χ1) is 8.65. The van der Waals surface area contributed by atoms with E-state index in [0.717, 1.165) is 11.3 Å². The Bertz CT molecular complexity index is 571. The minimum Gasteiger partial charge on any atom is -0.278 e. The molecule has 0 bridgehead atoms. The highest BCUT2D eigenvalue weighted by Gasteiger charge is 1.95. The molecule has 0 radical (unpaired) electrons. The molecule has 0 atom stereocenters. The van der Waals surface area contributed by atoms with E-state index in [1.54, 1.807) is 0 Å². The van der Waals surface area contributed by atoms with Gasteiger partial charge in [0.15, 0.2) is 0 Å². The maximum atomic E-state index is 4.27. The van der Waals surface area contributed by atoms with Crippen molar-refractivity contribution >= 4 is 11.9 Å². The number of nitrogens with zero attached hydrogens (tertiary/aromatic N) is 1. The van der Waals surface area contributed by atoms with E-state index < -0.39 is 0 Å². The van der Waals surface area contributed by atoms with Crippen LogP contribution in [0.5, 0.6) is 0 Å². The Morgan fingerprint density at radius 2 is 1.72 bits per heavy atom. The summed E-state index contributed by atoms with van der Waals surface area (Å²) < 4.78 is 0. The van der Waals surface area contributed by atoms with Crippen molar-refractivity contribution in [2.24, 2.45) is 5.10 Å². The number of hydrazone groups is 1. The van der Waals surface area contributed by atoms with Crippen molar-refractivity contribution in [1.29, 1.82) is 0 Å². The largest absolute Gasteiger partial charge is 0.278 e. The van der Waals surface area contributed by atoms with E-state index in [1.807, 2.05) is 18.3 Å². The number of hydrogen-bond acceptors (Lipinski definition) is 2. The van der Waals surface area contributed by atoms with Crippen molar-refractivity contribution in [1.82, 2.24) is 0 Å². The van der Waals surface area contributed by atoms with Gasteiger partial charge < -0.3 is 0 Å². The highest BCUT2D eigenvalue weighted by Crippen LogP contribution is 2.10. The Kier molecular flexibility index (Phi) is 3.78. The second-order valence-corrected chi connectivity index (χ2v) is 4.60. The summed E-state index contributed by atoms with van der Waals surface area (Å²) in [5.74, 6) is 0. The zero-order valence-corrected chi connectivity index (χ0v) is 11.1. The molecule has 2 rings (SSSR count). The van der Waals surface area contributed by atoms with Crippen molar-refractivity contribution in [3.05, 3.63) is 64.7 Å². The van der Waals surface area contributed by atoms with Crippen molar-refractivity contribution in [3.63, 3.8) is 0 Å². The van der Waals surface area contributed by atoms with Crippen LogP contribution in [0.2, 0.25) is 0 Å². The van der Waals surface area contributed by atoms with Gasteiger partial charge in [-0.25, -0.2) is 0 Å². The second kappa shape index (κ2) is 5.50. The van der Waals surface area contributed by atoms with Gasteiger partial charge in [-0.15, -0.1) is 0 Å². The van der Waals surface area contributed by atoms with Crippen molar-refractivity contribution in [3.8, 4) is 0 Å². The molecule has 0 aliphatic rings. The minimum absolute atomic E-state index is 1.01. The van der Waals surface area contributed by atoms with Gasteiger partial charge in [-0.3, -0.25) is 5.43 Å². The summed E-state index contributed by atoms with van der Waals surface area (Å²) in [4.78, 5) is 0. The van der Waals surface area contributed by atoms with Crippen LogP contribution in [0, 0.1) is 20.8 Å². The number of anilines is 1. The smallest absolute Gasteiger partial charge is 0.0564 e. The van der Waals surface area contributed by atoms with Crippen LogP contribution in [0.4, 0.5) is 5.69 Å². The van der Waals surface area contributed by atoms with E-state index >= 15 is 0 Å². The highest BCUT2D eigenvalue weighted by molar-refractivity contribution is 5.82. The summed E-state index contributed by atoms with van der Waals surface area (Å²) in [5, 5.41) is 4.27. The van der Waals surface area contributed by atoms with Crippen LogP contribution >= 0.6 is 0 Å². The third kappa shape index (κ3) is 3.20. The highest BCUT2D eigenvalue weighted by atomic mass is 15.3. The first kappa shape index (κ1) is 12.4. The van der Waals surface area contributed by atoms with Crippen LogP contribution in [0.15, 0.2) is 47.6 Å². The molecule has 0 unspecified atom stereocenters. The quantitative estimate of drug-likeness (QED) is 0.633. The first-order valence-corrected chi connectivity index (χ1v) is 6.08. The summed E-state index contributed by atoms with van der Waals surface area (Å²) in [7, 11) is 0. The summed E-state index contributed by atoms with van der Waals surface area (Å²) in [6, 6.07) is 14.5. The molecule has 0 fully saturated rings. The van der Waals surface area contributed by atoms with Gasteiger partial charge in [0, 0.05) is 0 Å². The van der Waals surface area contributed by atoms with E-state index in [2.05, 4.69) is 61.6 Å². The number of hydrogen-bond donors (Lipinski definition) is 1. The minimum atomic E-state index is 1.01. The van der Waals surface area contributed by atoms with Crippen molar-refractivity contribution in [2.75, 3.05) is 5.43 Å². The molecular formula is C16H18N2. The molecule has 0 aliphatic carbocycles. The molecule has 0 amide bonds. The van der Waals surface area contributed by atoms with Crippen LogP contribution in [0.3, 0.4) is 0 Å². The monoisotopic (exact) mass is 238 g/mol. The third-order valence-corrected chi connectivity index (χ3v) is 2.84. The topological polar surface area (TPSA) is 24.4 Å². The lowest BCUT2D eigenvalue weighted by atomic mass is 10.1. The Balaban J connectivity index is 2.07. The predicted molar refractivity (Wildman–Crippen MR) is 78.3 cm³/mol. The van der Waals surface area contributed by atoms with Gasteiger partial charge in [0.25, 0.3) is 0 Å². The molecular weight excluding hydrogens is 220 g/mol. The van der Waals surface area contributed by atoms with E-state index in [-0.39, 0.29) is 0 Å². The standard InChI is InChI=1S/C16H18N2/c1-12-5-4-6-16(10-12)18-17-11-15-8-7-13(2)9-14(15)3/h4-11,18H,1-3H3/b17-11-. The van der Waals surface area contributed by atoms with Crippen LogP contribution in [-0.2, 0) is 0 Å². The van der Waals surface area contributed by atoms with Gasteiger partial charge >= 0.3 is 0 Å². The normalized spacial score (nSPS) is 10.8. The Morgan fingerprint density at radius 3 is 2.44 bits per heavy atom. The fourth-order valence-corrected chi connectivity index (χ4v) is 1.86. The SMILES string of the molecule is Cc1cccc(N/N=C\c2ccc(C)cc2C)c1. The van der Waals surface area contributed by atoms with E-state index in [0.29, 0.717) is 0 Å². The first-order valence-electron chi connectivity index (χ1n) is 6.08. The van der Waals surface area contributed by atoms with E-state index in [1.165, 1.54) is 16.7 Å². The third-order valence-electron chi connectivity index (χ3n) is 2.84. The molecule has 0 aliphatic heterocycles. The molecule has 0 saturated heterocycles. The Hall–Kier alpha value is -2.09. The molecule has 0 saturated carbocycles. The molecule has 0 heterocycles. The average molecular weight is 238 g/mol. The summed E-state index contributed by atoms with van der Waals surface area (Å²) in [5.41, 5.74) is 8.93. The molecule has 2 aromatic rings. The van der Waals surface area contributed by atoms with Gasteiger partial charge in [0.2, 0.25) is 0 Å². The van der Waals surface area contributed by atoms with E-state index in [9.17, 15) is 0 Å². The van der Waals surface area contributed by atoms with Gasteiger partial charge in [-0.1, -0.05) is 35.9 Å². The van der Waals surface area contributed by atoms with Gasteiger partial charge in [0.05, 0.1) is 11.9 Å². The average Bonchev–Trinajstić information content (AvgIpc) is 2.32. The molecule has 2 heteroatoms. The Morgan fingerprint density at radius 1 is 0.944 bits per heavy atom. The van der Waals surface area contributed by atoms with Gasteiger partial charge in [0.1, 0.15) is 0 Å². The van der Waals surface area contributed by atoms with Crippen molar-refractivity contribution in [2.45, 2.75) is 20.8 Å². The molecule has 0 spiro atoms. The summed E-state index contributed by atoms with van der Waals surface area (Å²) in [6.45, 7) is 6.26. The molecule has 18 heavy (non-hydrogen) atoms. The molecule has 0 aromatic heterocycles. The van der Waals surface area contributed by atoms with E-state index in [4.69, 9.17) is 0 Å². The van der Waals surface area contributed by atoms with Gasteiger partial charge in [-0.2, -0.15) is 5.10 Å². The van der Waals surface area contributed by atoms with Crippen LogP contribution in [-0.4, -0.2) is 6.21 Å². The summed E-state index contributed by atoms with van der Waals surface area (Å²) in [6.07, 6.45) is 1.86. The van der Waals surface area contributed by atoms with Crippen LogP contribution in [0.25, 0.3) is 0 Å². The fourth-order valence-electron chi connectivity index (χ4n) is 1.86. The second-order valence-electron chi connectivity index (χ2n) is 4.60. The molecule has 2 aromatic carbocycles.